The third kappa shape index (κ3) is 2.42. The summed E-state index contributed by atoms with van der Waals surface area (Å²) >= 11 is 0. The summed E-state index contributed by atoms with van der Waals surface area (Å²) in [6, 6.07) is 8.74. The van der Waals surface area contributed by atoms with Crippen molar-refractivity contribution in [1.82, 2.24) is 4.98 Å². The van der Waals surface area contributed by atoms with E-state index in [0.717, 1.165) is 16.9 Å². The second kappa shape index (κ2) is 5.09. The zero-order valence-electron chi connectivity index (χ0n) is 11.9. The Bertz CT molecular complexity index is 797. The number of hydrogen-bond acceptors (Lipinski definition) is 4. The molecule has 0 aliphatic rings. The van der Waals surface area contributed by atoms with Crippen LogP contribution < -0.4 is 10.6 Å². The van der Waals surface area contributed by atoms with E-state index in [-0.39, 0.29) is 5.82 Å². The Labute approximate surface area is 122 Å². The molecule has 0 amide bonds. The maximum Gasteiger partial charge on any atom is 0.150 e. The van der Waals surface area contributed by atoms with Crippen molar-refractivity contribution >= 4 is 22.3 Å². The highest BCUT2D eigenvalue weighted by molar-refractivity contribution is 5.98. The summed E-state index contributed by atoms with van der Waals surface area (Å²) in [6.07, 6.45) is 1.63. The van der Waals surface area contributed by atoms with Gasteiger partial charge >= 0.3 is 0 Å². The monoisotopic (exact) mass is 285 g/mol. The number of halogens is 1. The topological polar surface area (TPSA) is 55.3 Å². The first-order chi connectivity index (χ1) is 10.1. The van der Waals surface area contributed by atoms with Crippen LogP contribution in [0.25, 0.3) is 10.9 Å². The van der Waals surface area contributed by atoms with E-state index in [2.05, 4.69) is 4.98 Å². The normalized spacial score (nSPS) is 11.0. The largest absolute Gasteiger partial charge is 0.464 e. The summed E-state index contributed by atoms with van der Waals surface area (Å²) in [7, 11) is 1.81. The third-order valence-corrected chi connectivity index (χ3v) is 3.42. The molecule has 4 nitrogen and oxygen atoms in total. The number of furan rings is 1. The van der Waals surface area contributed by atoms with Gasteiger partial charge in [0.2, 0.25) is 0 Å². The number of aromatic nitrogens is 1. The van der Waals surface area contributed by atoms with Crippen LogP contribution in [0.4, 0.5) is 15.8 Å². The molecule has 21 heavy (non-hydrogen) atoms. The number of nitrogens with zero attached hydrogens (tertiary/aromatic N) is 2. The summed E-state index contributed by atoms with van der Waals surface area (Å²) in [5.41, 5.74) is 7.24. The highest BCUT2D eigenvalue weighted by atomic mass is 19.1. The third-order valence-electron chi connectivity index (χ3n) is 3.42. The van der Waals surface area contributed by atoms with Gasteiger partial charge in [-0.3, -0.25) is 4.98 Å². The zero-order valence-corrected chi connectivity index (χ0v) is 11.9. The lowest BCUT2D eigenvalue weighted by Gasteiger charge is -2.20. The SMILES string of the molecule is Cc1ccc(CN(C)c2c(F)cc(N)c3cccnc23)o1. The molecule has 0 unspecified atom stereocenters. The van der Waals surface area contributed by atoms with Crippen LogP contribution in [0.3, 0.4) is 0 Å². The fourth-order valence-electron chi connectivity index (χ4n) is 2.47. The molecule has 2 N–H and O–H groups in total. The minimum absolute atomic E-state index is 0.385. The first-order valence-electron chi connectivity index (χ1n) is 6.65. The maximum atomic E-state index is 14.3. The quantitative estimate of drug-likeness (QED) is 0.748. The molecule has 108 valence electrons. The average molecular weight is 285 g/mol. The minimum Gasteiger partial charge on any atom is -0.464 e. The molecule has 0 aliphatic heterocycles. The molecule has 0 radical (unpaired) electrons. The van der Waals surface area contributed by atoms with E-state index in [1.807, 2.05) is 25.1 Å². The summed E-state index contributed by atoms with van der Waals surface area (Å²) in [5.74, 6) is 1.22. The van der Waals surface area contributed by atoms with Crippen molar-refractivity contribution < 1.29 is 8.81 Å². The molecule has 0 bridgehead atoms. The molecular weight excluding hydrogens is 269 g/mol. The first-order valence-corrected chi connectivity index (χ1v) is 6.65. The van der Waals surface area contributed by atoms with Crippen molar-refractivity contribution in [3.63, 3.8) is 0 Å². The predicted molar refractivity (Wildman–Crippen MR) is 81.7 cm³/mol. The maximum absolute atomic E-state index is 14.3. The molecule has 0 spiro atoms. The lowest BCUT2D eigenvalue weighted by molar-refractivity contribution is 0.480. The first kappa shape index (κ1) is 13.4. The van der Waals surface area contributed by atoms with Crippen molar-refractivity contribution in [3.05, 3.63) is 53.9 Å². The molecule has 0 saturated heterocycles. The number of anilines is 2. The molecule has 0 fully saturated rings. The predicted octanol–water partition coefficient (Wildman–Crippen LogP) is 3.49. The van der Waals surface area contributed by atoms with E-state index in [9.17, 15) is 4.39 Å². The molecule has 3 aromatic rings. The summed E-state index contributed by atoms with van der Waals surface area (Å²) in [6.45, 7) is 2.34. The Morgan fingerprint density at radius 2 is 2.14 bits per heavy atom. The molecule has 1 aromatic carbocycles. The van der Waals surface area contributed by atoms with Gasteiger partial charge in [-0.2, -0.15) is 0 Å². The van der Waals surface area contributed by atoms with Gasteiger partial charge in [-0.1, -0.05) is 0 Å². The molecule has 0 atom stereocenters. The second-order valence-electron chi connectivity index (χ2n) is 5.06. The molecule has 3 rings (SSSR count). The van der Waals surface area contributed by atoms with Crippen LogP contribution in [-0.2, 0) is 6.54 Å². The second-order valence-corrected chi connectivity index (χ2v) is 5.06. The Balaban J connectivity index is 2.06. The summed E-state index contributed by atoms with van der Waals surface area (Å²) in [4.78, 5) is 6.06. The Morgan fingerprint density at radius 1 is 1.33 bits per heavy atom. The smallest absolute Gasteiger partial charge is 0.150 e. The Hall–Kier alpha value is -2.56. The summed E-state index contributed by atoms with van der Waals surface area (Å²) in [5, 5.41) is 0.747. The molecular formula is C16H16FN3O. The lowest BCUT2D eigenvalue weighted by Crippen LogP contribution is -2.18. The fourth-order valence-corrected chi connectivity index (χ4v) is 2.47. The van der Waals surface area contributed by atoms with Gasteiger partial charge in [-0.05, 0) is 37.3 Å². The number of benzene rings is 1. The van der Waals surface area contributed by atoms with Crippen molar-refractivity contribution in [2.45, 2.75) is 13.5 Å². The molecule has 2 heterocycles. The average Bonchev–Trinajstić information content (AvgIpc) is 2.84. The van der Waals surface area contributed by atoms with E-state index in [1.54, 1.807) is 24.2 Å². The molecule has 5 heteroatoms. The van der Waals surface area contributed by atoms with E-state index < -0.39 is 0 Å². The van der Waals surface area contributed by atoms with Crippen molar-refractivity contribution in [2.24, 2.45) is 0 Å². The van der Waals surface area contributed by atoms with Crippen LogP contribution in [0, 0.1) is 12.7 Å². The molecule has 2 aromatic heterocycles. The number of fused-ring (bicyclic) bond motifs is 1. The van der Waals surface area contributed by atoms with Crippen LogP contribution in [-0.4, -0.2) is 12.0 Å². The van der Waals surface area contributed by atoms with Gasteiger partial charge in [0, 0.05) is 24.3 Å². The van der Waals surface area contributed by atoms with E-state index in [0.29, 0.717) is 23.4 Å². The van der Waals surface area contributed by atoms with Gasteiger partial charge in [0.25, 0.3) is 0 Å². The van der Waals surface area contributed by atoms with Gasteiger partial charge in [0.1, 0.15) is 11.5 Å². The van der Waals surface area contributed by atoms with Crippen LogP contribution >= 0.6 is 0 Å². The van der Waals surface area contributed by atoms with Crippen molar-refractivity contribution in [1.29, 1.82) is 0 Å². The summed E-state index contributed by atoms with van der Waals surface area (Å²) < 4.78 is 19.9. The fraction of sp³-hybridized carbons (Fsp3) is 0.188. The van der Waals surface area contributed by atoms with Gasteiger partial charge in [-0.15, -0.1) is 0 Å². The number of rotatable bonds is 3. The highest BCUT2D eigenvalue weighted by Gasteiger charge is 2.16. The number of nitrogens with two attached hydrogens (primary N) is 1. The Morgan fingerprint density at radius 3 is 2.86 bits per heavy atom. The van der Waals surface area contributed by atoms with Crippen LogP contribution in [0.15, 0.2) is 40.9 Å². The van der Waals surface area contributed by atoms with Gasteiger partial charge in [0.05, 0.1) is 17.7 Å². The van der Waals surface area contributed by atoms with Crippen molar-refractivity contribution in [3.8, 4) is 0 Å². The zero-order chi connectivity index (χ0) is 15.0. The Kier molecular flexibility index (Phi) is 3.25. The lowest BCUT2D eigenvalue weighted by atomic mass is 10.1. The van der Waals surface area contributed by atoms with Crippen LogP contribution in [0.2, 0.25) is 0 Å². The van der Waals surface area contributed by atoms with E-state index in [1.165, 1.54) is 6.07 Å². The standard InChI is InChI=1S/C16H16FN3O/c1-10-5-6-11(21-10)9-20(2)16-13(17)8-14(18)12-4-3-7-19-15(12)16/h3-8H,9,18H2,1-2H3. The minimum atomic E-state index is -0.385. The van der Waals surface area contributed by atoms with Crippen LogP contribution in [0.5, 0.6) is 0 Å². The van der Waals surface area contributed by atoms with Gasteiger partial charge in [-0.25, -0.2) is 4.39 Å². The van der Waals surface area contributed by atoms with E-state index >= 15 is 0 Å². The van der Waals surface area contributed by atoms with Crippen LogP contribution in [0.1, 0.15) is 11.5 Å². The number of nitrogen functional groups attached to an aromatic ring is 1. The van der Waals surface area contributed by atoms with E-state index in [4.69, 9.17) is 10.2 Å². The molecule has 0 aliphatic carbocycles. The number of aryl methyl sites for hydroxylation is 1. The number of hydrogen-bond donors (Lipinski definition) is 1. The van der Waals surface area contributed by atoms with Crippen molar-refractivity contribution in [2.75, 3.05) is 17.7 Å². The number of pyridine rings is 1. The molecule has 0 saturated carbocycles. The highest BCUT2D eigenvalue weighted by Crippen LogP contribution is 2.32. The van der Waals surface area contributed by atoms with Gasteiger partial charge < -0.3 is 15.1 Å². The van der Waals surface area contributed by atoms with Gasteiger partial charge in [0.15, 0.2) is 5.82 Å².